The van der Waals surface area contributed by atoms with Gasteiger partial charge in [0.1, 0.15) is 12.6 Å². The third kappa shape index (κ3) is 6.31. The van der Waals surface area contributed by atoms with Crippen LogP contribution in [0.15, 0.2) is 83.8 Å². The molecule has 0 heterocycles. The second-order valence-electron chi connectivity index (χ2n) is 8.65. The van der Waals surface area contributed by atoms with Gasteiger partial charge in [0, 0.05) is 13.6 Å². The van der Waals surface area contributed by atoms with Gasteiger partial charge < -0.3 is 10.2 Å². The number of hydrogen-bond donors (Lipinski definition) is 1. The Hall–Kier alpha value is -3.65. The number of nitrogens with one attached hydrogen (secondary N) is 1. The van der Waals surface area contributed by atoms with Gasteiger partial charge in [-0.25, -0.2) is 8.42 Å². The molecule has 1 unspecified atom stereocenters. The summed E-state index contributed by atoms with van der Waals surface area (Å²) in [5.74, 6) is -0.813. The van der Waals surface area contributed by atoms with Crippen molar-refractivity contribution in [3.8, 4) is 0 Å². The predicted octanol–water partition coefficient (Wildman–Crippen LogP) is 3.92. The van der Waals surface area contributed by atoms with Gasteiger partial charge in [0.25, 0.3) is 10.0 Å². The van der Waals surface area contributed by atoms with Crippen molar-refractivity contribution in [2.75, 3.05) is 17.9 Å². The van der Waals surface area contributed by atoms with Gasteiger partial charge in [-0.05, 0) is 55.7 Å². The quantitative estimate of drug-likeness (QED) is 0.451. The molecule has 1 N–H and O–H groups in total. The van der Waals surface area contributed by atoms with E-state index in [1.54, 1.807) is 37.3 Å². The summed E-state index contributed by atoms with van der Waals surface area (Å²) < 4.78 is 28.5. The Balaban J connectivity index is 2.02. The highest BCUT2D eigenvalue weighted by Crippen LogP contribution is 2.25. The lowest BCUT2D eigenvalue weighted by atomic mass is 10.1. The molecule has 7 nitrogen and oxygen atoms in total. The van der Waals surface area contributed by atoms with Gasteiger partial charge in [-0.1, -0.05) is 67.1 Å². The lowest BCUT2D eigenvalue weighted by molar-refractivity contribution is -0.139. The van der Waals surface area contributed by atoms with E-state index in [0.717, 1.165) is 27.4 Å². The molecule has 0 fully saturated rings. The summed E-state index contributed by atoms with van der Waals surface area (Å²) in [6.45, 7) is 5.32. The number of nitrogens with zero attached hydrogens (tertiary/aromatic N) is 2. The standard InChI is InChI=1S/C28H33N3O4S/c1-5-23-14-16-25(17-15-23)31(36(34,35)26-12-7-6-8-13-26)20-27(32)30(22(3)28(33)29-4)19-24-11-9-10-21(2)18-24/h6-18,22H,5,19-20H2,1-4H3,(H,29,33). The van der Waals surface area contributed by atoms with E-state index in [4.69, 9.17) is 0 Å². The van der Waals surface area contributed by atoms with Crippen LogP contribution in [0.1, 0.15) is 30.5 Å². The van der Waals surface area contributed by atoms with Crippen molar-refractivity contribution in [3.63, 3.8) is 0 Å². The van der Waals surface area contributed by atoms with Gasteiger partial charge in [-0.2, -0.15) is 0 Å². The largest absolute Gasteiger partial charge is 0.357 e. The van der Waals surface area contributed by atoms with E-state index in [1.165, 1.54) is 24.1 Å². The number of sulfonamides is 1. The Bertz CT molecular complexity index is 1290. The first kappa shape index (κ1) is 26.9. The summed E-state index contributed by atoms with van der Waals surface area (Å²) in [4.78, 5) is 27.7. The first-order chi connectivity index (χ1) is 17.2. The molecule has 0 radical (unpaired) electrons. The molecule has 0 bridgehead atoms. The highest BCUT2D eigenvalue weighted by Gasteiger charge is 2.32. The maximum atomic E-state index is 13.7. The Morgan fingerprint density at radius 1 is 0.917 bits per heavy atom. The zero-order valence-electron chi connectivity index (χ0n) is 21.1. The highest BCUT2D eigenvalue weighted by molar-refractivity contribution is 7.92. The van der Waals surface area contributed by atoms with E-state index in [-0.39, 0.29) is 17.3 Å². The molecule has 3 aromatic carbocycles. The van der Waals surface area contributed by atoms with Crippen LogP contribution in [0.25, 0.3) is 0 Å². The van der Waals surface area contributed by atoms with Gasteiger partial charge >= 0.3 is 0 Å². The number of aryl methyl sites for hydroxylation is 2. The fraction of sp³-hybridized carbons (Fsp3) is 0.286. The fourth-order valence-corrected chi connectivity index (χ4v) is 5.38. The Labute approximate surface area is 213 Å². The fourth-order valence-electron chi connectivity index (χ4n) is 3.95. The van der Waals surface area contributed by atoms with E-state index >= 15 is 0 Å². The number of carbonyl (C=O) groups excluding carboxylic acids is 2. The number of benzene rings is 3. The molecule has 0 aliphatic carbocycles. The van der Waals surface area contributed by atoms with Crippen LogP contribution in [0, 0.1) is 6.92 Å². The van der Waals surface area contributed by atoms with Crippen LogP contribution < -0.4 is 9.62 Å². The molecular formula is C28H33N3O4S. The van der Waals surface area contributed by atoms with Crippen molar-refractivity contribution in [2.24, 2.45) is 0 Å². The maximum absolute atomic E-state index is 13.7. The lowest BCUT2D eigenvalue weighted by Gasteiger charge is -2.32. The van der Waals surface area contributed by atoms with Gasteiger partial charge in [-0.3, -0.25) is 13.9 Å². The minimum absolute atomic E-state index is 0.0851. The normalized spacial score (nSPS) is 12.0. The second kappa shape index (κ2) is 11.9. The summed E-state index contributed by atoms with van der Waals surface area (Å²) in [6, 6.07) is 22.0. The number of carbonyl (C=O) groups is 2. The van der Waals surface area contributed by atoms with Crippen LogP contribution in [0.4, 0.5) is 5.69 Å². The number of likely N-dealkylation sites (N-methyl/N-ethyl adjacent to an activating group) is 1. The zero-order valence-corrected chi connectivity index (χ0v) is 22.0. The maximum Gasteiger partial charge on any atom is 0.264 e. The van der Waals surface area contributed by atoms with E-state index in [2.05, 4.69) is 5.32 Å². The van der Waals surface area contributed by atoms with Gasteiger partial charge in [0.05, 0.1) is 10.6 Å². The minimum Gasteiger partial charge on any atom is -0.357 e. The average Bonchev–Trinajstić information content (AvgIpc) is 2.90. The van der Waals surface area contributed by atoms with E-state index < -0.39 is 28.5 Å². The molecule has 0 saturated heterocycles. The Morgan fingerprint density at radius 3 is 2.17 bits per heavy atom. The van der Waals surface area contributed by atoms with E-state index in [1.807, 2.05) is 50.2 Å². The number of anilines is 1. The van der Waals surface area contributed by atoms with Gasteiger partial charge in [0.15, 0.2) is 0 Å². The van der Waals surface area contributed by atoms with Crippen molar-refractivity contribution < 1.29 is 18.0 Å². The van der Waals surface area contributed by atoms with Crippen LogP contribution in [-0.4, -0.2) is 44.8 Å². The molecule has 0 aliphatic heterocycles. The second-order valence-corrected chi connectivity index (χ2v) is 10.5. The first-order valence-corrected chi connectivity index (χ1v) is 13.3. The average molecular weight is 508 g/mol. The molecule has 1 atom stereocenters. The number of hydrogen-bond acceptors (Lipinski definition) is 4. The van der Waals surface area contributed by atoms with Crippen LogP contribution >= 0.6 is 0 Å². The van der Waals surface area contributed by atoms with Gasteiger partial charge in [0.2, 0.25) is 11.8 Å². The summed E-state index contributed by atoms with van der Waals surface area (Å²) in [7, 11) is -2.54. The van der Waals surface area contributed by atoms with Crippen molar-refractivity contribution >= 4 is 27.5 Å². The molecule has 190 valence electrons. The Morgan fingerprint density at radius 2 is 1.58 bits per heavy atom. The summed E-state index contributed by atoms with van der Waals surface area (Å²) in [5.41, 5.74) is 3.31. The van der Waals surface area contributed by atoms with Crippen LogP contribution in [0.5, 0.6) is 0 Å². The molecule has 2 amide bonds. The molecule has 36 heavy (non-hydrogen) atoms. The molecule has 8 heteroatoms. The summed E-state index contributed by atoms with van der Waals surface area (Å²) in [6.07, 6.45) is 0.804. The summed E-state index contributed by atoms with van der Waals surface area (Å²) >= 11 is 0. The third-order valence-corrected chi connectivity index (χ3v) is 7.88. The smallest absolute Gasteiger partial charge is 0.264 e. The molecule has 0 aromatic heterocycles. The molecular weight excluding hydrogens is 474 g/mol. The SMILES string of the molecule is CCc1ccc(N(CC(=O)N(Cc2cccc(C)c2)C(C)C(=O)NC)S(=O)(=O)c2ccccc2)cc1. The lowest BCUT2D eigenvalue weighted by Crippen LogP contribution is -2.50. The van der Waals surface area contributed by atoms with Gasteiger partial charge in [-0.15, -0.1) is 0 Å². The highest BCUT2D eigenvalue weighted by atomic mass is 32.2. The number of amides is 2. The summed E-state index contributed by atoms with van der Waals surface area (Å²) in [5, 5.41) is 2.59. The van der Waals surface area contributed by atoms with E-state index in [0.29, 0.717) is 5.69 Å². The Kier molecular flexibility index (Phi) is 8.88. The molecule has 3 aromatic rings. The molecule has 3 rings (SSSR count). The topological polar surface area (TPSA) is 86.8 Å². The van der Waals surface area contributed by atoms with Crippen molar-refractivity contribution in [3.05, 3.63) is 95.6 Å². The first-order valence-electron chi connectivity index (χ1n) is 11.9. The van der Waals surface area contributed by atoms with Crippen LogP contribution in [0.2, 0.25) is 0 Å². The minimum atomic E-state index is -4.05. The van der Waals surface area contributed by atoms with Crippen molar-refractivity contribution in [1.82, 2.24) is 10.2 Å². The zero-order chi connectivity index (χ0) is 26.3. The predicted molar refractivity (Wildman–Crippen MR) is 142 cm³/mol. The van der Waals surface area contributed by atoms with Crippen LogP contribution in [0.3, 0.4) is 0 Å². The molecule has 0 saturated carbocycles. The van der Waals surface area contributed by atoms with E-state index in [9.17, 15) is 18.0 Å². The number of rotatable bonds is 10. The molecule has 0 aliphatic rings. The van der Waals surface area contributed by atoms with Crippen molar-refractivity contribution in [1.29, 1.82) is 0 Å². The molecule has 0 spiro atoms. The third-order valence-electron chi connectivity index (χ3n) is 6.09. The monoisotopic (exact) mass is 507 g/mol. The van der Waals surface area contributed by atoms with Crippen LogP contribution in [-0.2, 0) is 32.6 Å². The van der Waals surface area contributed by atoms with Crippen molar-refractivity contribution in [2.45, 2.75) is 44.7 Å².